The molecule has 176 valence electrons. The van der Waals surface area contributed by atoms with E-state index in [1.54, 1.807) is 24.3 Å². The highest BCUT2D eigenvalue weighted by molar-refractivity contribution is 5.99. The van der Waals surface area contributed by atoms with E-state index in [1.165, 1.54) is 18.0 Å². The van der Waals surface area contributed by atoms with Gasteiger partial charge in [0.2, 0.25) is 0 Å². The van der Waals surface area contributed by atoms with Crippen molar-refractivity contribution >= 4 is 17.2 Å². The van der Waals surface area contributed by atoms with Crippen molar-refractivity contribution in [3.63, 3.8) is 0 Å². The number of hydrogen-bond donors (Lipinski definition) is 1. The second-order valence-electron chi connectivity index (χ2n) is 7.02. The Hall–Kier alpha value is -4.49. The normalized spacial score (nSPS) is 11.5. The van der Waals surface area contributed by atoms with Gasteiger partial charge in [-0.2, -0.15) is 23.4 Å². The summed E-state index contributed by atoms with van der Waals surface area (Å²) in [5, 5.41) is 20.8. The van der Waals surface area contributed by atoms with E-state index in [2.05, 4.69) is 20.5 Å². The predicted octanol–water partition coefficient (Wildman–Crippen LogP) is 2.96. The zero-order chi connectivity index (χ0) is 24.5. The van der Waals surface area contributed by atoms with Crippen LogP contribution in [0.25, 0.3) is 16.9 Å². The molecule has 11 nitrogen and oxygen atoms in total. The van der Waals surface area contributed by atoms with Gasteiger partial charge in [0.15, 0.2) is 11.3 Å². The van der Waals surface area contributed by atoms with E-state index in [4.69, 9.17) is 4.74 Å². The number of carbonyl (C=O) groups excluding carboxylic acids is 1. The van der Waals surface area contributed by atoms with Gasteiger partial charge in [0, 0.05) is 12.1 Å². The lowest BCUT2D eigenvalue weighted by Gasteiger charge is -2.12. The molecular formula is C20H16F3N7O4. The van der Waals surface area contributed by atoms with Gasteiger partial charge in [0.25, 0.3) is 5.91 Å². The topological polar surface area (TPSA) is 129 Å². The van der Waals surface area contributed by atoms with Gasteiger partial charge >= 0.3 is 11.9 Å². The second-order valence-corrected chi connectivity index (χ2v) is 7.02. The summed E-state index contributed by atoms with van der Waals surface area (Å²) in [5.74, 6) is -0.183. The summed E-state index contributed by atoms with van der Waals surface area (Å²) in [6.45, 7) is 0.121. The molecule has 4 rings (SSSR count). The van der Waals surface area contributed by atoms with Crippen molar-refractivity contribution < 1.29 is 27.6 Å². The molecule has 0 aliphatic heterocycles. The van der Waals surface area contributed by atoms with E-state index in [9.17, 15) is 28.1 Å². The largest absolute Gasteiger partial charge is 0.497 e. The number of benzene rings is 1. The standard InChI is InChI=1S/C20H16F3N7O4/c1-34-14-4-2-12(3-5-14)16-8-17(20(21,22)23)29-18(27-16)15(10-26-29)19(31)24-6-7-28-11-13(9-25-28)30(32)33/h2-5,8-11H,6-7H2,1H3,(H,24,31). The third-order valence-electron chi connectivity index (χ3n) is 4.85. The maximum atomic E-state index is 13.7. The highest BCUT2D eigenvalue weighted by Crippen LogP contribution is 2.33. The van der Waals surface area contributed by atoms with Crippen LogP contribution in [-0.4, -0.2) is 48.9 Å². The number of nitrogens with zero attached hydrogens (tertiary/aromatic N) is 6. The number of rotatable bonds is 7. The first-order chi connectivity index (χ1) is 16.2. The first-order valence-corrected chi connectivity index (χ1v) is 9.73. The number of methoxy groups -OCH3 is 1. The first-order valence-electron chi connectivity index (χ1n) is 9.73. The van der Waals surface area contributed by atoms with Gasteiger partial charge in [-0.25, -0.2) is 9.50 Å². The van der Waals surface area contributed by atoms with E-state index in [0.717, 1.165) is 18.5 Å². The van der Waals surface area contributed by atoms with Crippen molar-refractivity contribution in [3.05, 3.63) is 70.3 Å². The molecule has 0 unspecified atom stereocenters. The molecule has 1 N–H and O–H groups in total. The highest BCUT2D eigenvalue weighted by atomic mass is 19.4. The molecule has 4 aromatic rings. The van der Waals surface area contributed by atoms with Gasteiger partial charge in [-0.05, 0) is 30.3 Å². The maximum absolute atomic E-state index is 13.7. The first kappa shape index (κ1) is 22.7. The van der Waals surface area contributed by atoms with Crippen LogP contribution in [0.4, 0.5) is 18.9 Å². The summed E-state index contributed by atoms with van der Waals surface area (Å²) in [4.78, 5) is 27.0. The number of fused-ring (bicyclic) bond motifs is 1. The van der Waals surface area contributed by atoms with Crippen LogP contribution in [0.1, 0.15) is 16.1 Å². The van der Waals surface area contributed by atoms with Crippen LogP contribution in [0, 0.1) is 10.1 Å². The minimum Gasteiger partial charge on any atom is -0.497 e. The Morgan fingerprint density at radius 1 is 1.21 bits per heavy atom. The molecule has 34 heavy (non-hydrogen) atoms. The Labute approximate surface area is 188 Å². The molecule has 0 atom stereocenters. The number of amides is 1. The Bertz CT molecular complexity index is 1360. The van der Waals surface area contributed by atoms with Crippen LogP contribution in [-0.2, 0) is 12.7 Å². The summed E-state index contributed by atoms with van der Waals surface area (Å²) in [5.41, 5.74) is -1.34. The highest BCUT2D eigenvalue weighted by Gasteiger charge is 2.36. The molecule has 0 saturated carbocycles. The zero-order valence-corrected chi connectivity index (χ0v) is 17.5. The molecule has 3 heterocycles. The zero-order valence-electron chi connectivity index (χ0n) is 17.5. The van der Waals surface area contributed by atoms with Crippen LogP contribution in [0.3, 0.4) is 0 Å². The van der Waals surface area contributed by atoms with Gasteiger partial charge in [-0.1, -0.05) is 0 Å². The van der Waals surface area contributed by atoms with Crippen molar-refractivity contribution in [3.8, 4) is 17.0 Å². The van der Waals surface area contributed by atoms with Crippen molar-refractivity contribution in [2.45, 2.75) is 12.7 Å². The summed E-state index contributed by atoms with van der Waals surface area (Å²) in [6, 6.07) is 7.12. The number of nitrogens with one attached hydrogen (secondary N) is 1. The number of carbonyl (C=O) groups is 1. The number of aromatic nitrogens is 5. The lowest BCUT2D eigenvalue weighted by Crippen LogP contribution is -2.27. The van der Waals surface area contributed by atoms with Gasteiger partial charge in [-0.3, -0.25) is 19.6 Å². The number of nitro groups is 1. The van der Waals surface area contributed by atoms with E-state index in [1.807, 2.05) is 0 Å². The Kier molecular flexibility index (Phi) is 5.88. The lowest BCUT2D eigenvalue weighted by molar-refractivity contribution is -0.385. The second kappa shape index (κ2) is 8.80. The molecule has 3 aromatic heterocycles. The van der Waals surface area contributed by atoms with Crippen LogP contribution in [0.15, 0.2) is 48.9 Å². The monoisotopic (exact) mass is 475 g/mol. The fourth-order valence-electron chi connectivity index (χ4n) is 3.18. The maximum Gasteiger partial charge on any atom is 0.433 e. The van der Waals surface area contributed by atoms with Crippen molar-refractivity contribution in [1.82, 2.24) is 29.7 Å². The van der Waals surface area contributed by atoms with Crippen LogP contribution < -0.4 is 10.1 Å². The summed E-state index contributed by atoms with van der Waals surface area (Å²) in [6.07, 6.45) is -1.49. The molecule has 0 bridgehead atoms. The summed E-state index contributed by atoms with van der Waals surface area (Å²) in [7, 11) is 1.46. The molecule has 0 saturated heterocycles. The van der Waals surface area contributed by atoms with Gasteiger partial charge in [-0.15, -0.1) is 0 Å². The fourth-order valence-corrected chi connectivity index (χ4v) is 3.18. The molecule has 14 heteroatoms. The van der Waals surface area contributed by atoms with Gasteiger partial charge in [0.05, 0.1) is 30.5 Å². The van der Waals surface area contributed by atoms with Crippen molar-refractivity contribution in [2.24, 2.45) is 0 Å². The Morgan fingerprint density at radius 2 is 1.94 bits per heavy atom. The Morgan fingerprint density at radius 3 is 2.56 bits per heavy atom. The van der Waals surface area contributed by atoms with Crippen LogP contribution in [0.2, 0.25) is 0 Å². The molecule has 1 amide bonds. The van der Waals surface area contributed by atoms with E-state index in [0.29, 0.717) is 15.8 Å². The summed E-state index contributed by atoms with van der Waals surface area (Å²) >= 11 is 0. The lowest BCUT2D eigenvalue weighted by atomic mass is 10.1. The molecule has 0 aliphatic carbocycles. The number of halogens is 3. The van der Waals surface area contributed by atoms with E-state index >= 15 is 0 Å². The number of hydrogen-bond acceptors (Lipinski definition) is 7. The number of ether oxygens (including phenoxy) is 1. The van der Waals surface area contributed by atoms with E-state index < -0.39 is 22.7 Å². The van der Waals surface area contributed by atoms with Crippen LogP contribution >= 0.6 is 0 Å². The molecular weight excluding hydrogens is 459 g/mol. The minimum absolute atomic E-state index is 0.000814. The average Bonchev–Trinajstić information content (AvgIpc) is 3.45. The average molecular weight is 475 g/mol. The molecule has 0 aliphatic rings. The third-order valence-corrected chi connectivity index (χ3v) is 4.85. The van der Waals surface area contributed by atoms with Gasteiger partial charge < -0.3 is 10.1 Å². The van der Waals surface area contributed by atoms with Crippen molar-refractivity contribution in [1.29, 1.82) is 0 Å². The molecule has 0 spiro atoms. The third kappa shape index (κ3) is 4.51. The van der Waals surface area contributed by atoms with Crippen molar-refractivity contribution in [2.75, 3.05) is 13.7 Å². The molecule has 0 fully saturated rings. The van der Waals surface area contributed by atoms with Gasteiger partial charge in [0.1, 0.15) is 23.7 Å². The van der Waals surface area contributed by atoms with Crippen LogP contribution in [0.5, 0.6) is 5.75 Å². The summed E-state index contributed by atoms with van der Waals surface area (Å²) < 4.78 is 48.1. The smallest absolute Gasteiger partial charge is 0.433 e. The predicted molar refractivity (Wildman–Crippen MR) is 111 cm³/mol. The Balaban J connectivity index is 1.63. The van der Waals surface area contributed by atoms with E-state index in [-0.39, 0.29) is 35.7 Å². The molecule has 0 radical (unpaired) electrons. The SMILES string of the molecule is COc1ccc(-c2cc(C(F)(F)F)n3ncc(C(=O)NCCn4cc([N+](=O)[O-])cn4)c3n2)cc1. The minimum atomic E-state index is -4.75. The number of alkyl halides is 3. The molecule has 1 aromatic carbocycles. The quantitative estimate of drug-likeness (QED) is 0.321. The fraction of sp³-hybridized carbons (Fsp3) is 0.200.